The molecule has 1 heterocycles. The van der Waals surface area contributed by atoms with Crippen LogP contribution in [0.3, 0.4) is 0 Å². The summed E-state index contributed by atoms with van der Waals surface area (Å²) in [6, 6.07) is 6.10. The molecule has 0 aliphatic carbocycles. The Balaban J connectivity index is 1.81. The number of hydrogen-bond donors (Lipinski definition) is 2. The summed E-state index contributed by atoms with van der Waals surface area (Å²) in [5, 5.41) is 3.29. The lowest BCUT2D eigenvalue weighted by molar-refractivity contribution is 0.341. The predicted molar refractivity (Wildman–Crippen MR) is 70.3 cm³/mol. The van der Waals surface area contributed by atoms with E-state index in [4.69, 9.17) is 5.73 Å². The zero-order chi connectivity index (χ0) is 10.7. The van der Waals surface area contributed by atoms with Gasteiger partial charge in [-0.2, -0.15) is 0 Å². The molecule has 2 rings (SSSR count). The molecule has 0 unspecified atom stereocenters. The molecule has 0 atom stereocenters. The molecular formula is C11H15BrN2S. The second-order valence-corrected chi connectivity index (χ2v) is 5.90. The molecule has 15 heavy (non-hydrogen) atoms. The van der Waals surface area contributed by atoms with Crippen molar-refractivity contribution in [3.8, 4) is 0 Å². The molecule has 1 aromatic carbocycles. The Morgan fingerprint density at radius 3 is 2.87 bits per heavy atom. The summed E-state index contributed by atoms with van der Waals surface area (Å²) in [5.74, 6) is 2.05. The summed E-state index contributed by atoms with van der Waals surface area (Å²) >= 11 is 5.27. The number of hydrogen-bond acceptors (Lipinski definition) is 3. The lowest BCUT2D eigenvalue weighted by Crippen LogP contribution is -2.42. The van der Waals surface area contributed by atoms with Gasteiger partial charge in [-0.15, -0.1) is 11.8 Å². The van der Waals surface area contributed by atoms with Crippen LogP contribution in [0.4, 0.5) is 5.69 Å². The van der Waals surface area contributed by atoms with Gasteiger partial charge in [-0.05, 0) is 49.4 Å². The standard InChI is InChI=1S/C11H15BrN2S/c12-9-1-2-11(10(13)5-9)15-4-3-8-6-14-7-8/h1-2,5,8,14H,3-4,6-7,13H2. The van der Waals surface area contributed by atoms with E-state index in [1.807, 2.05) is 23.9 Å². The predicted octanol–water partition coefficient (Wildman–Crippen LogP) is 2.73. The highest BCUT2D eigenvalue weighted by atomic mass is 79.9. The van der Waals surface area contributed by atoms with Crippen LogP contribution in [0.5, 0.6) is 0 Å². The summed E-state index contributed by atoms with van der Waals surface area (Å²) in [6.07, 6.45) is 1.28. The van der Waals surface area contributed by atoms with Crippen molar-refractivity contribution in [1.29, 1.82) is 0 Å². The minimum atomic E-state index is 0.876. The minimum Gasteiger partial charge on any atom is -0.398 e. The number of thioether (sulfide) groups is 1. The van der Waals surface area contributed by atoms with Crippen LogP contribution < -0.4 is 11.1 Å². The molecule has 0 radical (unpaired) electrons. The number of rotatable bonds is 4. The largest absolute Gasteiger partial charge is 0.398 e. The van der Waals surface area contributed by atoms with Crippen molar-refractivity contribution >= 4 is 33.4 Å². The lowest BCUT2D eigenvalue weighted by atomic mass is 10.0. The van der Waals surface area contributed by atoms with Crippen molar-refractivity contribution in [2.24, 2.45) is 5.92 Å². The quantitative estimate of drug-likeness (QED) is 0.660. The molecule has 0 amide bonds. The van der Waals surface area contributed by atoms with E-state index in [0.717, 1.165) is 21.8 Å². The van der Waals surface area contributed by atoms with Crippen molar-refractivity contribution in [2.45, 2.75) is 11.3 Å². The van der Waals surface area contributed by atoms with E-state index in [1.165, 1.54) is 24.4 Å². The first-order chi connectivity index (χ1) is 7.25. The monoisotopic (exact) mass is 286 g/mol. The van der Waals surface area contributed by atoms with E-state index in [0.29, 0.717) is 0 Å². The van der Waals surface area contributed by atoms with Crippen LogP contribution in [0.1, 0.15) is 6.42 Å². The molecule has 0 aromatic heterocycles. The fourth-order valence-electron chi connectivity index (χ4n) is 1.54. The molecule has 1 aliphatic heterocycles. The van der Waals surface area contributed by atoms with Crippen LogP contribution in [0.15, 0.2) is 27.6 Å². The Bertz CT molecular complexity index is 339. The highest BCUT2D eigenvalue weighted by Gasteiger charge is 2.15. The third kappa shape index (κ3) is 3.13. The van der Waals surface area contributed by atoms with Gasteiger partial charge in [0.2, 0.25) is 0 Å². The number of benzene rings is 1. The molecule has 1 aromatic rings. The first kappa shape index (κ1) is 11.3. The van der Waals surface area contributed by atoms with Crippen LogP contribution >= 0.6 is 27.7 Å². The fraction of sp³-hybridized carbons (Fsp3) is 0.455. The smallest absolute Gasteiger partial charge is 0.0463 e. The molecule has 1 aliphatic rings. The Labute approximate surface area is 103 Å². The highest BCUT2D eigenvalue weighted by molar-refractivity contribution is 9.10. The fourth-order valence-corrected chi connectivity index (χ4v) is 2.98. The Morgan fingerprint density at radius 1 is 1.47 bits per heavy atom. The number of nitrogens with one attached hydrogen (secondary N) is 1. The molecule has 3 N–H and O–H groups in total. The van der Waals surface area contributed by atoms with Crippen LogP contribution in [-0.2, 0) is 0 Å². The highest BCUT2D eigenvalue weighted by Crippen LogP contribution is 2.29. The molecular weight excluding hydrogens is 272 g/mol. The molecule has 0 bridgehead atoms. The molecule has 0 saturated carbocycles. The summed E-state index contributed by atoms with van der Waals surface area (Å²) in [5.41, 5.74) is 6.80. The van der Waals surface area contributed by atoms with Gasteiger partial charge in [-0.1, -0.05) is 15.9 Å². The van der Waals surface area contributed by atoms with E-state index in [1.54, 1.807) is 0 Å². The van der Waals surface area contributed by atoms with E-state index in [-0.39, 0.29) is 0 Å². The second kappa shape index (κ2) is 5.23. The molecule has 1 saturated heterocycles. The van der Waals surface area contributed by atoms with E-state index in [9.17, 15) is 0 Å². The van der Waals surface area contributed by atoms with Crippen molar-refractivity contribution in [3.05, 3.63) is 22.7 Å². The van der Waals surface area contributed by atoms with Crippen LogP contribution in [0.2, 0.25) is 0 Å². The van der Waals surface area contributed by atoms with Gasteiger partial charge in [0, 0.05) is 15.1 Å². The van der Waals surface area contributed by atoms with Gasteiger partial charge in [-0.25, -0.2) is 0 Å². The van der Waals surface area contributed by atoms with Crippen molar-refractivity contribution in [2.75, 3.05) is 24.6 Å². The van der Waals surface area contributed by atoms with Crippen molar-refractivity contribution in [3.63, 3.8) is 0 Å². The maximum absolute atomic E-state index is 5.92. The number of nitrogen functional groups attached to an aromatic ring is 1. The third-order valence-electron chi connectivity index (χ3n) is 2.62. The number of halogens is 1. The number of nitrogens with two attached hydrogens (primary N) is 1. The van der Waals surface area contributed by atoms with Gasteiger partial charge in [0.15, 0.2) is 0 Å². The van der Waals surface area contributed by atoms with Gasteiger partial charge >= 0.3 is 0 Å². The Kier molecular flexibility index (Phi) is 3.94. The van der Waals surface area contributed by atoms with Gasteiger partial charge in [0.1, 0.15) is 0 Å². The zero-order valence-electron chi connectivity index (χ0n) is 8.50. The SMILES string of the molecule is Nc1cc(Br)ccc1SCCC1CNC1. The summed E-state index contributed by atoms with van der Waals surface area (Å²) in [4.78, 5) is 1.20. The lowest BCUT2D eigenvalue weighted by Gasteiger charge is -2.26. The van der Waals surface area contributed by atoms with Crippen LogP contribution in [0.25, 0.3) is 0 Å². The summed E-state index contributed by atoms with van der Waals surface area (Å²) in [6.45, 7) is 2.38. The molecule has 1 fully saturated rings. The maximum atomic E-state index is 5.92. The molecule has 2 nitrogen and oxygen atoms in total. The minimum absolute atomic E-state index is 0.876. The average Bonchev–Trinajstić information content (AvgIpc) is 2.12. The van der Waals surface area contributed by atoms with Crippen LogP contribution in [-0.4, -0.2) is 18.8 Å². The third-order valence-corrected chi connectivity index (χ3v) is 4.24. The Morgan fingerprint density at radius 2 is 2.27 bits per heavy atom. The van der Waals surface area contributed by atoms with Crippen molar-refractivity contribution in [1.82, 2.24) is 5.32 Å². The first-order valence-electron chi connectivity index (χ1n) is 5.14. The van der Waals surface area contributed by atoms with E-state index >= 15 is 0 Å². The van der Waals surface area contributed by atoms with E-state index in [2.05, 4.69) is 27.3 Å². The summed E-state index contributed by atoms with van der Waals surface area (Å²) in [7, 11) is 0. The maximum Gasteiger partial charge on any atom is 0.0463 e. The normalized spacial score (nSPS) is 16.3. The zero-order valence-corrected chi connectivity index (χ0v) is 10.9. The number of anilines is 1. The van der Waals surface area contributed by atoms with E-state index < -0.39 is 0 Å². The van der Waals surface area contributed by atoms with Crippen LogP contribution in [0, 0.1) is 5.92 Å². The van der Waals surface area contributed by atoms with Gasteiger partial charge in [0.05, 0.1) is 0 Å². The van der Waals surface area contributed by atoms with Crippen molar-refractivity contribution < 1.29 is 0 Å². The molecule has 0 spiro atoms. The molecule has 4 heteroatoms. The Hall–Kier alpha value is -0.190. The average molecular weight is 287 g/mol. The van der Waals surface area contributed by atoms with Gasteiger partial charge in [-0.3, -0.25) is 0 Å². The van der Waals surface area contributed by atoms with Gasteiger partial charge < -0.3 is 11.1 Å². The summed E-state index contributed by atoms with van der Waals surface area (Å²) < 4.78 is 1.05. The molecule has 82 valence electrons. The second-order valence-electron chi connectivity index (χ2n) is 3.84. The first-order valence-corrected chi connectivity index (χ1v) is 6.92. The topological polar surface area (TPSA) is 38.0 Å². The van der Waals surface area contributed by atoms with Gasteiger partial charge in [0.25, 0.3) is 0 Å².